The van der Waals surface area contributed by atoms with Crippen LogP contribution in [0.5, 0.6) is 0 Å². The molecule has 4 nitrogen and oxygen atoms in total. The molecule has 2 heterocycles. The molecule has 2 aromatic carbocycles. The summed E-state index contributed by atoms with van der Waals surface area (Å²) in [4.78, 5) is 16.5. The highest BCUT2D eigenvalue weighted by Gasteiger charge is 2.22. The summed E-state index contributed by atoms with van der Waals surface area (Å²) < 4.78 is 14.4. The van der Waals surface area contributed by atoms with Gasteiger partial charge in [-0.05, 0) is 92.5 Å². The minimum atomic E-state index is -0.473. The molecule has 4 rings (SSSR count). The molecule has 0 bridgehead atoms. The lowest BCUT2D eigenvalue weighted by molar-refractivity contribution is 0.0788. The summed E-state index contributed by atoms with van der Waals surface area (Å²) in [7, 11) is 0. The number of nitrogens with two attached hydrogens (primary N) is 1. The number of hydrogen-bond acceptors (Lipinski definition) is 3. The molecule has 0 spiro atoms. The molecule has 0 saturated carbocycles. The number of hydrogen-bond donors (Lipinski definition) is 1. The van der Waals surface area contributed by atoms with Crippen molar-refractivity contribution in [2.75, 3.05) is 32.7 Å². The Bertz CT molecular complexity index is 868. The number of rotatable bonds is 4. The van der Waals surface area contributed by atoms with E-state index in [4.69, 9.17) is 5.73 Å². The largest absolute Gasteiger partial charge is 0.405 e. The van der Waals surface area contributed by atoms with Crippen LogP contribution in [0.3, 0.4) is 0 Å². The van der Waals surface area contributed by atoms with E-state index in [-0.39, 0.29) is 11.5 Å². The van der Waals surface area contributed by atoms with Crippen molar-refractivity contribution in [2.45, 2.75) is 32.6 Å². The lowest BCUT2D eigenvalue weighted by Gasteiger charge is -2.16. The topological polar surface area (TPSA) is 49.6 Å². The Labute approximate surface area is 179 Å². The van der Waals surface area contributed by atoms with Crippen molar-refractivity contribution in [3.63, 3.8) is 0 Å². The van der Waals surface area contributed by atoms with Crippen molar-refractivity contribution >= 4 is 12.0 Å². The fourth-order valence-corrected chi connectivity index (χ4v) is 3.99. The predicted molar refractivity (Wildman–Crippen MR) is 122 cm³/mol. The minimum absolute atomic E-state index is 0.147. The van der Waals surface area contributed by atoms with Gasteiger partial charge in [-0.15, -0.1) is 0 Å². The van der Waals surface area contributed by atoms with Gasteiger partial charge in [0.25, 0.3) is 5.91 Å². The highest BCUT2D eigenvalue weighted by atomic mass is 19.1. The summed E-state index contributed by atoms with van der Waals surface area (Å²) in [5.41, 5.74) is 8.13. The second-order valence-corrected chi connectivity index (χ2v) is 7.82. The number of benzene rings is 2. The summed E-state index contributed by atoms with van der Waals surface area (Å²) in [5.74, 6) is -0.689. The third-order valence-corrected chi connectivity index (χ3v) is 5.75. The van der Waals surface area contributed by atoms with Crippen molar-refractivity contribution < 1.29 is 9.18 Å². The predicted octanol–water partition coefficient (Wildman–Crippen LogP) is 4.76. The van der Waals surface area contributed by atoms with Crippen LogP contribution in [0.1, 0.15) is 48.5 Å². The maximum atomic E-state index is 14.4. The van der Waals surface area contributed by atoms with Gasteiger partial charge in [-0.25, -0.2) is 4.39 Å². The van der Waals surface area contributed by atoms with Crippen LogP contribution in [0.2, 0.25) is 0 Å². The maximum absolute atomic E-state index is 14.4. The average molecular weight is 410 g/mol. The molecule has 0 aromatic heterocycles. The standard InChI is InChI=1S/C19H19FN2O.C6H13N/c20-18-13-16(15-5-3-4-14(12-15)8-9-21)6-7-17(18)19(23)22-10-1-2-11-22;1-2-7-5-3-4-6-7/h3-9,12-13H,1-2,10-11,21H2;2-6H2,1H3/b9-8-;. The molecular weight excluding hydrogens is 377 g/mol. The number of halogens is 1. The van der Waals surface area contributed by atoms with Crippen LogP contribution in [0.15, 0.2) is 48.7 Å². The molecule has 0 atom stereocenters. The number of nitrogens with zero attached hydrogens (tertiary/aromatic N) is 2. The lowest BCUT2D eigenvalue weighted by atomic mass is 10.0. The normalized spacial score (nSPS) is 16.7. The van der Waals surface area contributed by atoms with Gasteiger partial charge in [-0.3, -0.25) is 4.79 Å². The molecule has 2 aromatic rings. The second-order valence-electron chi connectivity index (χ2n) is 7.82. The molecule has 2 aliphatic heterocycles. The van der Waals surface area contributed by atoms with Gasteiger partial charge in [0.2, 0.25) is 0 Å². The Morgan fingerprint density at radius 1 is 1.00 bits per heavy atom. The molecule has 0 radical (unpaired) electrons. The summed E-state index contributed by atoms with van der Waals surface area (Å²) >= 11 is 0. The fraction of sp³-hybridized carbons (Fsp3) is 0.400. The molecule has 5 heteroatoms. The maximum Gasteiger partial charge on any atom is 0.256 e. The third kappa shape index (κ3) is 5.70. The van der Waals surface area contributed by atoms with E-state index in [1.54, 1.807) is 23.1 Å². The molecular formula is C25H32FN3O. The van der Waals surface area contributed by atoms with Gasteiger partial charge in [0.1, 0.15) is 5.82 Å². The number of carbonyl (C=O) groups excluding carboxylic acids is 1. The summed E-state index contributed by atoms with van der Waals surface area (Å²) in [5, 5.41) is 0. The van der Waals surface area contributed by atoms with Gasteiger partial charge in [-0.2, -0.15) is 0 Å². The molecule has 2 fully saturated rings. The van der Waals surface area contributed by atoms with Gasteiger partial charge < -0.3 is 15.5 Å². The van der Waals surface area contributed by atoms with Crippen LogP contribution < -0.4 is 5.73 Å². The highest BCUT2D eigenvalue weighted by molar-refractivity contribution is 5.95. The van der Waals surface area contributed by atoms with Gasteiger partial charge in [0.15, 0.2) is 0 Å². The third-order valence-electron chi connectivity index (χ3n) is 5.75. The Kier molecular flexibility index (Phi) is 8.03. The van der Waals surface area contributed by atoms with Gasteiger partial charge in [0, 0.05) is 13.1 Å². The zero-order chi connectivity index (χ0) is 21.3. The molecule has 30 heavy (non-hydrogen) atoms. The van der Waals surface area contributed by atoms with Crippen molar-refractivity contribution in [1.82, 2.24) is 9.80 Å². The van der Waals surface area contributed by atoms with Crippen LogP contribution >= 0.6 is 0 Å². The van der Waals surface area contributed by atoms with Crippen LogP contribution in [0, 0.1) is 5.82 Å². The van der Waals surface area contributed by atoms with E-state index in [1.807, 2.05) is 24.3 Å². The van der Waals surface area contributed by atoms with Crippen LogP contribution in [-0.2, 0) is 0 Å². The molecule has 0 aliphatic carbocycles. The average Bonchev–Trinajstić information content (AvgIpc) is 3.48. The lowest BCUT2D eigenvalue weighted by Crippen LogP contribution is -2.28. The molecule has 2 aliphatic rings. The quantitative estimate of drug-likeness (QED) is 0.792. The highest BCUT2D eigenvalue weighted by Crippen LogP contribution is 2.24. The van der Waals surface area contributed by atoms with E-state index >= 15 is 0 Å². The van der Waals surface area contributed by atoms with E-state index in [0.717, 1.165) is 29.5 Å². The zero-order valence-electron chi connectivity index (χ0n) is 17.8. The van der Waals surface area contributed by atoms with E-state index in [9.17, 15) is 9.18 Å². The van der Waals surface area contributed by atoms with E-state index in [2.05, 4.69) is 11.8 Å². The summed E-state index contributed by atoms with van der Waals surface area (Å²) in [6, 6.07) is 12.5. The Balaban J connectivity index is 0.000000310. The van der Waals surface area contributed by atoms with Crippen molar-refractivity contribution in [3.05, 3.63) is 65.6 Å². The van der Waals surface area contributed by atoms with E-state index in [0.29, 0.717) is 13.1 Å². The van der Waals surface area contributed by atoms with Gasteiger partial charge in [-0.1, -0.05) is 31.2 Å². The molecule has 2 N–H and O–H groups in total. The van der Waals surface area contributed by atoms with Crippen molar-refractivity contribution in [2.24, 2.45) is 5.73 Å². The SMILES string of the molecule is CCN1CCCC1.N/C=C\c1cccc(-c2ccc(C(=O)N3CCCC3)c(F)c2)c1. The van der Waals surface area contributed by atoms with Crippen LogP contribution in [0.25, 0.3) is 17.2 Å². The Hall–Kier alpha value is -2.66. The number of amides is 1. The first-order valence-electron chi connectivity index (χ1n) is 10.9. The van der Waals surface area contributed by atoms with Crippen molar-refractivity contribution in [1.29, 1.82) is 0 Å². The minimum Gasteiger partial charge on any atom is -0.405 e. The van der Waals surface area contributed by atoms with Gasteiger partial charge in [0.05, 0.1) is 5.56 Å². The van der Waals surface area contributed by atoms with Crippen molar-refractivity contribution in [3.8, 4) is 11.1 Å². The first-order chi connectivity index (χ1) is 14.6. The van der Waals surface area contributed by atoms with E-state index in [1.165, 1.54) is 44.7 Å². The van der Waals surface area contributed by atoms with Crippen LogP contribution in [0.4, 0.5) is 4.39 Å². The molecule has 2 saturated heterocycles. The second kappa shape index (κ2) is 10.9. The zero-order valence-corrected chi connectivity index (χ0v) is 17.8. The smallest absolute Gasteiger partial charge is 0.256 e. The van der Waals surface area contributed by atoms with Gasteiger partial charge >= 0.3 is 0 Å². The van der Waals surface area contributed by atoms with Crippen LogP contribution in [-0.4, -0.2) is 48.4 Å². The molecule has 1 amide bonds. The first kappa shape index (κ1) is 22.0. The number of likely N-dealkylation sites (tertiary alicyclic amines) is 2. The Morgan fingerprint density at radius 3 is 2.27 bits per heavy atom. The number of carbonyl (C=O) groups is 1. The van der Waals surface area contributed by atoms with E-state index < -0.39 is 5.82 Å². The fourth-order valence-electron chi connectivity index (χ4n) is 3.99. The first-order valence-corrected chi connectivity index (χ1v) is 10.9. The monoisotopic (exact) mass is 409 g/mol. The molecule has 0 unspecified atom stereocenters. The molecule has 160 valence electrons. The summed E-state index contributed by atoms with van der Waals surface area (Å²) in [6.07, 6.45) is 8.09. The summed E-state index contributed by atoms with van der Waals surface area (Å²) in [6.45, 7) is 7.60. The Morgan fingerprint density at radius 2 is 1.67 bits per heavy atom.